The van der Waals surface area contributed by atoms with Crippen molar-refractivity contribution in [2.45, 2.75) is 45.6 Å². The minimum absolute atomic E-state index is 0.113. The lowest BCUT2D eigenvalue weighted by atomic mass is 9.76. The van der Waals surface area contributed by atoms with E-state index >= 15 is 0 Å². The third kappa shape index (κ3) is 3.36. The molecule has 1 aliphatic carbocycles. The summed E-state index contributed by atoms with van der Waals surface area (Å²) in [6.07, 6.45) is 5.37. The molecule has 1 aromatic carbocycles. The van der Waals surface area contributed by atoms with Crippen LogP contribution >= 0.6 is 0 Å². The molecule has 1 aliphatic heterocycles. The Morgan fingerprint density at radius 2 is 1.65 bits per heavy atom. The zero-order valence-corrected chi connectivity index (χ0v) is 12.4. The van der Waals surface area contributed by atoms with Crippen LogP contribution in [0.4, 0.5) is 0 Å². The fourth-order valence-electron chi connectivity index (χ4n) is 2.79. The van der Waals surface area contributed by atoms with Crippen molar-refractivity contribution in [1.29, 1.82) is 0 Å². The normalized spacial score (nSPS) is 23.0. The van der Waals surface area contributed by atoms with Gasteiger partial charge in [-0.05, 0) is 43.3 Å². The summed E-state index contributed by atoms with van der Waals surface area (Å²) in [5, 5.41) is 0. The maximum absolute atomic E-state index is 5.97. The molecule has 4 heteroatoms. The molecule has 0 unspecified atom stereocenters. The summed E-state index contributed by atoms with van der Waals surface area (Å²) >= 11 is 0. The molecule has 0 N–H and O–H groups in total. The Balaban J connectivity index is 1.58. The van der Waals surface area contributed by atoms with Crippen LogP contribution in [-0.2, 0) is 9.31 Å². The van der Waals surface area contributed by atoms with Crippen molar-refractivity contribution in [3.63, 3.8) is 0 Å². The molecular weight excluding hydrogens is 251 g/mol. The maximum atomic E-state index is 5.97. The van der Waals surface area contributed by atoms with Crippen LogP contribution in [0.1, 0.15) is 39.5 Å². The molecule has 0 atom stereocenters. The Hall–Kier alpha value is -0.995. The first-order valence-electron chi connectivity index (χ1n) is 7.62. The van der Waals surface area contributed by atoms with Gasteiger partial charge in [0.1, 0.15) is 5.75 Å². The van der Waals surface area contributed by atoms with Gasteiger partial charge in [0.25, 0.3) is 0 Å². The van der Waals surface area contributed by atoms with Crippen LogP contribution in [-0.4, -0.2) is 26.4 Å². The predicted molar refractivity (Wildman–Crippen MR) is 80.4 cm³/mol. The standard InChI is InChI=1S/C16H23BO3/c1-16(2)11-18-17(19-12-16)13-7-9-15(10-8-13)20-14-5-3-4-6-14/h7-10,14H,3-6,11-12H2,1-2H3. The second-order valence-electron chi connectivity index (χ2n) is 6.71. The molecule has 3 nitrogen and oxygen atoms in total. The maximum Gasteiger partial charge on any atom is 0.493 e. The van der Waals surface area contributed by atoms with Crippen molar-refractivity contribution >= 4 is 12.6 Å². The first kappa shape index (κ1) is 14.0. The van der Waals surface area contributed by atoms with Crippen LogP contribution < -0.4 is 10.2 Å². The highest BCUT2D eigenvalue weighted by Crippen LogP contribution is 2.24. The van der Waals surface area contributed by atoms with E-state index in [-0.39, 0.29) is 12.5 Å². The van der Waals surface area contributed by atoms with E-state index in [0.717, 1.165) is 24.4 Å². The SMILES string of the molecule is CC1(C)COB(c2ccc(OC3CCCC3)cc2)OC1. The third-order valence-corrected chi connectivity index (χ3v) is 4.01. The highest BCUT2D eigenvalue weighted by Gasteiger charge is 2.33. The van der Waals surface area contributed by atoms with Crippen LogP contribution in [0.2, 0.25) is 0 Å². The molecule has 20 heavy (non-hydrogen) atoms. The summed E-state index contributed by atoms with van der Waals surface area (Å²) in [4.78, 5) is 0. The van der Waals surface area contributed by atoms with E-state index in [1.54, 1.807) is 0 Å². The molecule has 0 bridgehead atoms. The van der Waals surface area contributed by atoms with E-state index in [2.05, 4.69) is 13.8 Å². The molecule has 1 heterocycles. The monoisotopic (exact) mass is 274 g/mol. The first-order valence-corrected chi connectivity index (χ1v) is 7.62. The summed E-state index contributed by atoms with van der Waals surface area (Å²) in [6.45, 7) is 5.78. The van der Waals surface area contributed by atoms with Crippen LogP contribution in [0.5, 0.6) is 5.75 Å². The minimum atomic E-state index is -0.233. The van der Waals surface area contributed by atoms with Crippen molar-refractivity contribution in [2.75, 3.05) is 13.2 Å². The molecule has 108 valence electrons. The second-order valence-corrected chi connectivity index (χ2v) is 6.71. The van der Waals surface area contributed by atoms with Gasteiger partial charge in [-0.15, -0.1) is 0 Å². The summed E-state index contributed by atoms with van der Waals surface area (Å²) in [5.41, 5.74) is 1.18. The van der Waals surface area contributed by atoms with Crippen molar-refractivity contribution < 1.29 is 14.0 Å². The topological polar surface area (TPSA) is 27.7 Å². The zero-order chi connectivity index (χ0) is 14.0. The number of benzene rings is 1. The average molecular weight is 274 g/mol. The highest BCUT2D eigenvalue weighted by atomic mass is 16.6. The Bertz CT molecular complexity index is 428. The van der Waals surface area contributed by atoms with Crippen LogP contribution in [0.25, 0.3) is 0 Å². The van der Waals surface area contributed by atoms with E-state index in [0.29, 0.717) is 6.10 Å². The van der Waals surface area contributed by atoms with Crippen LogP contribution in [0, 0.1) is 5.41 Å². The fourth-order valence-corrected chi connectivity index (χ4v) is 2.79. The van der Waals surface area contributed by atoms with E-state index in [1.807, 2.05) is 24.3 Å². The molecule has 1 saturated heterocycles. The number of hydrogen-bond acceptors (Lipinski definition) is 3. The van der Waals surface area contributed by atoms with Gasteiger partial charge >= 0.3 is 7.12 Å². The van der Waals surface area contributed by atoms with Gasteiger partial charge in [0, 0.05) is 18.6 Å². The van der Waals surface area contributed by atoms with Crippen molar-refractivity contribution in [3.8, 4) is 5.75 Å². The lowest BCUT2D eigenvalue weighted by Gasteiger charge is -2.33. The summed E-state index contributed by atoms with van der Waals surface area (Å²) in [5.74, 6) is 0.955. The van der Waals surface area contributed by atoms with E-state index in [9.17, 15) is 0 Å². The van der Waals surface area contributed by atoms with Gasteiger partial charge in [0.05, 0.1) is 6.10 Å². The van der Waals surface area contributed by atoms with Crippen molar-refractivity contribution in [2.24, 2.45) is 5.41 Å². The molecule has 0 radical (unpaired) electrons. The van der Waals surface area contributed by atoms with Crippen molar-refractivity contribution in [1.82, 2.24) is 0 Å². The molecule has 0 aromatic heterocycles. The molecule has 0 spiro atoms. The summed E-state index contributed by atoms with van der Waals surface area (Å²) < 4.78 is 17.5. The van der Waals surface area contributed by atoms with E-state index in [1.165, 1.54) is 25.7 Å². The first-order chi connectivity index (χ1) is 9.62. The van der Waals surface area contributed by atoms with Gasteiger partial charge in [0.2, 0.25) is 0 Å². The summed E-state index contributed by atoms with van der Waals surface area (Å²) in [7, 11) is -0.233. The second kappa shape index (κ2) is 5.78. The Labute approximate surface area is 121 Å². The van der Waals surface area contributed by atoms with Gasteiger partial charge < -0.3 is 14.0 Å². The minimum Gasteiger partial charge on any atom is -0.490 e. The molecule has 0 amide bonds. The smallest absolute Gasteiger partial charge is 0.490 e. The number of hydrogen-bond donors (Lipinski definition) is 0. The predicted octanol–water partition coefficient (Wildman–Crippen LogP) is 2.78. The molecule has 3 rings (SSSR count). The fraction of sp³-hybridized carbons (Fsp3) is 0.625. The van der Waals surface area contributed by atoms with E-state index < -0.39 is 0 Å². The Morgan fingerprint density at radius 3 is 2.25 bits per heavy atom. The summed E-state index contributed by atoms with van der Waals surface area (Å²) in [6, 6.07) is 8.15. The third-order valence-electron chi connectivity index (χ3n) is 4.01. The quantitative estimate of drug-likeness (QED) is 0.793. The molecule has 1 saturated carbocycles. The molecule has 1 aromatic rings. The number of rotatable bonds is 3. The lowest BCUT2D eigenvalue weighted by molar-refractivity contribution is 0.0343. The highest BCUT2D eigenvalue weighted by molar-refractivity contribution is 6.61. The van der Waals surface area contributed by atoms with Gasteiger partial charge in [-0.1, -0.05) is 26.0 Å². The molecule has 2 aliphatic rings. The van der Waals surface area contributed by atoms with Crippen molar-refractivity contribution in [3.05, 3.63) is 24.3 Å². The zero-order valence-electron chi connectivity index (χ0n) is 12.4. The Morgan fingerprint density at radius 1 is 1.05 bits per heavy atom. The van der Waals surface area contributed by atoms with Gasteiger partial charge in [0.15, 0.2) is 0 Å². The van der Waals surface area contributed by atoms with Gasteiger partial charge in [-0.3, -0.25) is 0 Å². The van der Waals surface area contributed by atoms with Gasteiger partial charge in [-0.2, -0.15) is 0 Å². The Kier molecular flexibility index (Phi) is 4.04. The molecular formula is C16H23BO3. The van der Waals surface area contributed by atoms with E-state index in [4.69, 9.17) is 14.0 Å². The lowest BCUT2D eigenvalue weighted by Crippen LogP contribution is -2.47. The largest absolute Gasteiger partial charge is 0.493 e. The van der Waals surface area contributed by atoms with Crippen LogP contribution in [0.3, 0.4) is 0 Å². The molecule has 2 fully saturated rings. The number of ether oxygens (including phenoxy) is 1. The van der Waals surface area contributed by atoms with Gasteiger partial charge in [-0.25, -0.2) is 0 Å². The van der Waals surface area contributed by atoms with Crippen LogP contribution in [0.15, 0.2) is 24.3 Å². The average Bonchev–Trinajstić information content (AvgIpc) is 2.93.